The molecule has 1 fully saturated rings. The lowest BCUT2D eigenvalue weighted by atomic mass is 10.1. The van der Waals surface area contributed by atoms with Crippen molar-refractivity contribution in [2.75, 3.05) is 19.6 Å². The summed E-state index contributed by atoms with van der Waals surface area (Å²) in [6, 6.07) is 2.59. The van der Waals surface area contributed by atoms with Crippen LogP contribution in [0.5, 0.6) is 0 Å². The van der Waals surface area contributed by atoms with Crippen LogP contribution in [0.15, 0.2) is 12.1 Å². The number of carbonyl (C=O) groups excluding carboxylic acids is 4. The van der Waals surface area contributed by atoms with Crippen molar-refractivity contribution in [3.05, 3.63) is 33.3 Å². The summed E-state index contributed by atoms with van der Waals surface area (Å²) in [5.74, 6) is -2.42. The van der Waals surface area contributed by atoms with E-state index in [1.165, 1.54) is 19.1 Å². The highest BCUT2D eigenvalue weighted by Crippen LogP contribution is 2.31. The first-order valence-corrected chi connectivity index (χ1v) is 8.88. The number of benzene rings is 1. The van der Waals surface area contributed by atoms with Crippen LogP contribution in [0.4, 0.5) is 0 Å². The first-order chi connectivity index (χ1) is 12.3. The van der Waals surface area contributed by atoms with E-state index in [2.05, 4.69) is 0 Å². The number of hydrogen-bond donors (Lipinski definition) is 0. The highest BCUT2D eigenvalue weighted by molar-refractivity contribution is 6.43. The van der Waals surface area contributed by atoms with Crippen LogP contribution < -0.4 is 0 Å². The van der Waals surface area contributed by atoms with Crippen molar-refractivity contribution < 1.29 is 23.9 Å². The summed E-state index contributed by atoms with van der Waals surface area (Å²) in [6.07, 6.45) is 0.874. The predicted octanol–water partition coefficient (Wildman–Crippen LogP) is 2.14. The fraction of sp³-hybridized carbons (Fsp3) is 0.412. The first-order valence-electron chi connectivity index (χ1n) is 8.13. The molecule has 0 aromatic heterocycles. The molecule has 2 aliphatic rings. The summed E-state index contributed by atoms with van der Waals surface area (Å²) < 4.78 is 5.10. The van der Waals surface area contributed by atoms with Crippen molar-refractivity contribution in [3.8, 4) is 0 Å². The minimum atomic E-state index is -0.973. The van der Waals surface area contributed by atoms with Crippen LogP contribution in [-0.2, 0) is 14.3 Å². The van der Waals surface area contributed by atoms with E-state index in [4.69, 9.17) is 27.9 Å². The second-order valence-corrected chi connectivity index (χ2v) is 6.99. The van der Waals surface area contributed by atoms with Gasteiger partial charge in [0.15, 0.2) is 6.10 Å². The molecule has 0 unspecified atom stereocenters. The van der Waals surface area contributed by atoms with Gasteiger partial charge in [0.1, 0.15) is 6.54 Å². The number of imide groups is 1. The van der Waals surface area contributed by atoms with E-state index in [-0.39, 0.29) is 27.1 Å². The monoisotopic (exact) mass is 398 g/mol. The normalized spacial score (nSPS) is 17.5. The van der Waals surface area contributed by atoms with Crippen LogP contribution >= 0.6 is 23.2 Å². The first kappa shape index (κ1) is 18.7. The van der Waals surface area contributed by atoms with Gasteiger partial charge in [-0.1, -0.05) is 23.2 Å². The Hall–Kier alpha value is -2.12. The van der Waals surface area contributed by atoms with Crippen molar-refractivity contribution in [1.29, 1.82) is 0 Å². The van der Waals surface area contributed by atoms with Crippen LogP contribution in [0.1, 0.15) is 40.5 Å². The zero-order valence-electron chi connectivity index (χ0n) is 14.0. The number of likely N-dealkylation sites (tertiary alicyclic amines) is 1. The lowest BCUT2D eigenvalue weighted by Crippen LogP contribution is -2.41. The number of halogens is 2. The Morgan fingerprint density at radius 3 is 2.08 bits per heavy atom. The van der Waals surface area contributed by atoms with Gasteiger partial charge in [-0.25, -0.2) is 0 Å². The topological polar surface area (TPSA) is 84.0 Å². The fourth-order valence-corrected chi connectivity index (χ4v) is 3.36. The molecule has 0 bridgehead atoms. The lowest BCUT2D eigenvalue weighted by Gasteiger charge is -2.21. The van der Waals surface area contributed by atoms with Gasteiger partial charge in [0.25, 0.3) is 17.7 Å². The smallest absolute Gasteiger partial charge is 0.326 e. The summed E-state index contributed by atoms with van der Waals surface area (Å²) in [6.45, 7) is 2.17. The summed E-state index contributed by atoms with van der Waals surface area (Å²) in [7, 11) is 0. The molecule has 1 aromatic carbocycles. The average molecular weight is 399 g/mol. The number of carbonyl (C=O) groups is 4. The van der Waals surface area contributed by atoms with Crippen LogP contribution in [0.2, 0.25) is 10.0 Å². The van der Waals surface area contributed by atoms with Crippen molar-refractivity contribution in [1.82, 2.24) is 9.80 Å². The number of nitrogens with zero attached hydrogens (tertiary/aromatic N) is 2. The Morgan fingerprint density at radius 1 is 1.08 bits per heavy atom. The van der Waals surface area contributed by atoms with Crippen molar-refractivity contribution in [2.45, 2.75) is 25.9 Å². The van der Waals surface area contributed by atoms with E-state index in [1.54, 1.807) is 4.90 Å². The highest BCUT2D eigenvalue weighted by atomic mass is 35.5. The third-order valence-electron chi connectivity index (χ3n) is 4.37. The molecule has 3 amide bonds. The molecule has 0 radical (unpaired) electrons. The molecule has 26 heavy (non-hydrogen) atoms. The molecule has 2 aliphatic heterocycles. The zero-order valence-corrected chi connectivity index (χ0v) is 15.5. The van der Waals surface area contributed by atoms with Gasteiger partial charge in [-0.3, -0.25) is 24.1 Å². The van der Waals surface area contributed by atoms with Gasteiger partial charge in [-0.15, -0.1) is 0 Å². The van der Waals surface area contributed by atoms with Crippen molar-refractivity contribution in [3.63, 3.8) is 0 Å². The van der Waals surface area contributed by atoms with Crippen molar-refractivity contribution in [2.24, 2.45) is 0 Å². The van der Waals surface area contributed by atoms with Gasteiger partial charge < -0.3 is 9.64 Å². The van der Waals surface area contributed by atoms with E-state index < -0.39 is 30.4 Å². The van der Waals surface area contributed by atoms with Gasteiger partial charge in [-0.2, -0.15) is 0 Å². The van der Waals surface area contributed by atoms with Gasteiger partial charge in [0, 0.05) is 13.1 Å². The Morgan fingerprint density at radius 2 is 1.58 bits per heavy atom. The predicted molar refractivity (Wildman–Crippen MR) is 93.2 cm³/mol. The second kappa shape index (κ2) is 7.25. The van der Waals surface area contributed by atoms with Crippen LogP contribution in [0.25, 0.3) is 0 Å². The van der Waals surface area contributed by atoms with Crippen molar-refractivity contribution >= 4 is 46.9 Å². The Kier molecular flexibility index (Phi) is 5.20. The van der Waals surface area contributed by atoms with E-state index in [0.717, 1.165) is 17.7 Å². The Bertz CT molecular complexity index is 764. The molecular weight excluding hydrogens is 383 g/mol. The molecule has 3 rings (SSSR count). The minimum absolute atomic E-state index is 0.0818. The number of esters is 1. The molecule has 9 heteroatoms. The molecule has 0 N–H and O–H groups in total. The molecule has 1 atom stereocenters. The number of ether oxygens (including phenoxy) is 1. The number of hydrogen-bond acceptors (Lipinski definition) is 5. The summed E-state index contributed by atoms with van der Waals surface area (Å²) in [4.78, 5) is 51.4. The molecule has 7 nitrogen and oxygen atoms in total. The SMILES string of the molecule is C[C@@H](OC(=O)CN1C(=O)c2cc(Cl)c(Cl)cc2C1=O)C(=O)N1CCCC1. The van der Waals surface area contributed by atoms with Gasteiger partial charge in [-0.05, 0) is 31.9 Å². The van der Waals surface area contributed by atoms with Gasteiger partial charge in [0.2, 0.25) is 0 Å². The number of rotatable bonds is 4. The van der Waals surface area contributed by atoms with E-state index in [0.29, 0.717) is 13.1 Å². The maximum atomic E-state index is 12.4. The second-order valence-electron chi connectivity index (χ2n) is 6.17. The standard InChI is InChI=1S/C17H16Cl2N2O5/c1-9(15(23)20-4-2-3-5-20)26-14(22)8-21-16(24)10-6-12(18)13(19)7-11(10)17(21)25/h6-7,9H,2-5,8H2,1H3/t9-/m1/s1. The summed E-state index contributed by atoms with van der Waals surface area (Å²) >= 11 is 11.8. The Labute approximate surface area is 159 Å². The third-order valence-corrected chi connectivity index (χ3v) is 5.09. The molecular formula is C17H16Cl2N2O5. The molecule has 0 spiro atoms. The minimum Gasteiger partial charge on any atom is -0.451 e. The summed E-state index contributed by atoms with van der Waals surface area (Å²) in [5.41, 5.74) is 0.164. The molecule has 2 heterocycles. The average Bonchev–Trinajstić information content (AvgIpc) is 3.20. The van der Waals surface area contributed by atoms with Gasteiger partial charge in [0.05, 0.1) is 21.2 Å². The maximum absolute atomic E-state index is 12.4. The van der Waals surface area contributed by atoms with Crippen LogP contribution in [0.3, 0.4) is 0 Å². The van der Waals surface area contributed by atoms with E-state index in [9.17, 15) is 19.2 Å². The molecule has 138 valence electrons. The largest absolute Gasteiger partial charge is 0.451 e. The lowest BCUT2D eigenvalue weighted by molar-refractivity contribution is -0.158. The highest BCUT2D eigenvalue weighted by Gasteiger charge is 2.38. The van der Waals surface area contributed by atoms with E-state index >= 15 is 0 Å². The van der Waals surface area contributed by atoms with Gasteiger partial charge >= 0.3 is 5.97 Å². The quantitative estimate of drug-likeness (QED) is 0.572. The fourth-order valence-electron chi connectivity index (χ4n) is 3.04. The molecule has 1 saturated heterocycles. The number of fused-ring (bicyclic) bond motifs is 1. The molecule has 0 aliphatic carbocycles. The summed E-state index contributed by atoms with van der Waals surface area (Å²) in [5, 5.41) is 0.279. The zero-order chi connectivity index (χ0) is 19.0. The molecule has 1 aromatic rings. The Balaban J connectivity index is 1.65. The third kappa shape index (κ3) is 3.41. The molecule has 0 saturated carbocycles. The number of amides is 3. The van der Waals surface area contributed by atoms with Crippen LogP contribution in [-0.4, -0.2) is 59.2 Å². The van der Waals surface area contributed by atoms with E-state index in [1.807, 2.05) is 0 Å². The van der Waals surface area contributed by atoms with Crippen LogP contribution in [0, 0.1) is 0 Å². The maximum Gasteiger partial charge on any atom is 0.326 e.